The van der Waals surface area contributed by atoms with E-state index in [9.17, 15) is 9.18 Å². The van der Waals surface area contributed by atoms with Gasteiger partial charge in [-0.2, -0.15) is 0 Å². The minimum atomic E-state index is -0.265. The maximum atomic E-state index is 13.3. The maximum Gasteiger partial charge on any atom is 0.230 e. The summed E-state index contributed by atoms with van der Waals surface area (Å²) in [7, 11) is 0. The smallest absolute Gasteiger partial charge is 0.230 e. The van der Waals surface area contributed by atoms with Crippen molar-refractivity contribution in [1.29, 1.82) is 0 Å². The van der Waals surface area contributed by atoms with Gasteiger partial charge < -0.3 is 10.1 Å². The second-order valence-electron chi connectivity index (χ2n) is 6.74. The number of carbonyl (C=O) groups excluding carboxylic acids is 1. The number of nitrogens with one attached hydrogen (secondary N) is 1. The van der Waals surface area contributed by atoms with Crippen LogP contribution in [0, 0.1) is 19.7 Å². The summed E-state index contributed by atoms with van der Waals surface area (Å²) in [5.74, 6) is -0.0891. The van der Waals surface area contributed by atoms with E-state index in [0.29, 0.717) is 24.9 Å². The third-order valence-corrected chi connectivity index (χ3v) is 5.38. The van der Waals surface area contributed by atoms with Gasteiger partial charge in [-0.15, -0.1) is 0 Å². The van der Waals surface area contributed by atoms with Crippen LogP contribution >= 0.6 is 11.8 Å². The summed E-state index contributed by atoms with van der Waals surface area (Å²) in [6.45, 7) is 7.16. The second-order valence-corrected chi connectivity index (χ2v) is 7.68. The molecule has 1 aromatic carbocycles. The maximum absolute atomic E-state index is 13.3. The fourth-order valence-corrected chi connectivity index (χ4v) is 3.96. The van der Waals surface area contributed by atoms with Gasteiger partial charge >= 0.3 is 0 Å². The van der Waals surface area contributed by atoms with Crippen LogP contribution in [0.5, 0.6) is 0 Å². The molecule has 1 aromatic heterocycles. The molecule has 1 saturated heterocycles. The topological polar surface area (TPSA) is 67.4 Å². The van der Waals surface area contributed by atoms with Crippen molar-refractivity contribution in [3.8, 4) is 0 Å². The van der Waals surface area contributed by atoms with Gasteiger partial charge in [0.2, 0.25) is 5.91 Å². The number of thioether (sulfide) groups is 1. The first-order valence-electron chi connectivity index (χ1n) is 9.30. The van der Waals surface area contributed by atoms with Crippen molar-refractivity contribution in [3.63, 3.8) is 0 Å². The first kappa shape index (κ1) is 20.7. The number of benzene rings is 1. The summed E-state index contributed by atoms with van der Waals surface area (Å²) in [6, 6.07) is 8.35. The summed E-state index contributed by atoms with van der Waals surface area (Å²) < 4.78 is 18.7. The quantitative estimate of drug-likeness (QED) is 0.565. The highest BCUT2D eigenvalue weighted by atomic mass is 32.2. The molecule has 1 N–H and O–H groups in total. The zero-order chi connectivity index (χ0) is 19.9. The summed E-state index contributed by atoms with van der Waals surface area (Å²) in [6.07, 6.45) is 0. The number of rotatable bonds is 7. The van der Waals surface area contributed by atoms with Gasteiger partial charge in [0, 0.05) is 31.0 Å². The highest BCUT2D eigenvalue weighted by molar-refractivity contribution is 7.99. The highest BCUT2D eigenvalue weighted by Gasteiger charge is 2.23. The number of morpholine rings is 1. The van der Waals surface area contributed by atoms with E-state index in [-0.39, 0.29) is 23.5 Å². The number of ether oxygens (including phenoxy) is 1. The molecular formula is C20H25FN4O2S. The van der Waals surface area contributed by atoms with Crippen molar-refractivity contribution in [3.05, 3.63) is 53.1 Å². The lowest BCUT2D eigenvalue weighted by molar-refractivity contribution is -0.118. The Morgan fingerprint density at radius 1 is 1.21 bits per heavy atom. The molecule has 2 heterocycles. The van der Waals surface area contributed by atoms with Gasteiger partial charge in [0.05, 0.1) is 25.0 Å². The SMILES string of the molecule is Cc1cc(C)nc(SCC(=O)NC[C@@H](c2ccc(F)cc2)N2CCOCC2)n1. The largest absolute Gasteiger partial charge is 0.379 e. The Bertz CT molecular complexity index is 777. The van der Waals surface area contributed by atoms with E-state index < -0.39 is 0 Å². The Hall–Kier alpha value is -2.03. The first-order valence-corrected chi connectivity index (χ1v) is 10.3. The molecule has 28 heavy (non-hydrogen) atoms. The second kappa shape index (κ2) is 9.95. The minimum Gasteiger partial charge on any atom is -0.379 e. The molecule has 150 valence electrons. The van der Waals surface area contributed by atoms with Crippen molar-refractivity contribution < 1.29 is 13.9 Å². The van der Waals surface area contributed by atoms with Gasteiger partial charge in [-0.3, -0.25) is 9.69 Å². The van der Waals surface area contributed by atoms with E-state index in [1.165, 1.54) is 23.9 Å². The Balaban J connectivity index is 1.59. The number of hydrogen-bond donors (Lipinski definition) is 1. The molecule has 1 amide bonds. The Kier molecular flexibility index (Phi) is 7.36. The molecule has 0 radical (unpaired) electrons. The lowest BCUT2D eigenvalue weighted by Gasteiger charge is -2.35. The average molecular weight is 405 g/mol. The molecule has 0 saturated carbocycles. The standard InChI is InChI=1S/C20H25FN4O2S/c1-14-11-15(2)24-20(23-14)28-13-19(26)22-12-18(25-7-9-27-10-8-25)16-3-5-17(21)6-4-16/h3-6,11,18H,7-10,12-13H2,1-2H3,(H,22,26)/t18-/m0/s1. The van der Waals surface area contributed by atoms with Crippen LogP contribution in [0.2, 0.25) is 0 Å². The molecule has 1 atom stereocenters. The average Bonchev–Trinajstić information content (AvgIpc) is 2.68. The fraction of sp³-hybridized carbons (Fsp3) is 0.450. The predicted octanol–water partition coefficient (Wildman–Crippen LogP) is 2.51. The molecular weight excluding hydrogens is 379 g/mol. The molecule has 2 aromatic rings. The van der Waals surface area contributed by atoms with Crippen LogP contribution in [-0.2, 0) is 9.53 Å². The van der Waals surface area contributed by atoms with Crippen molar-refractivity contribution in [2.75, 3.05) is 38.6 Å². The third-order valence-electron chi connectivity index (χ3n) is 4.53. The lowest BCUT2D eigenvalue weighted by atomic mass is 10.0. The zero-order valence-corrected chi connectivity index (χ0v) is 17.0. The molecule has 0 spiro atoms. The van der Waals surface area contributed by atoms with Gasteiger partial charge in [-0.05, 0) is 37.6 Å². The van der Waals surface area contributed by atoms with Crippen LogP contribution < -0.4 is 5.32 Å². The van der Waals surface area contributed by atoms with Crippen molar-refractivity contribution in [1.82, 2.24) is 20.2 Å². The number of halogens is 1. The highest BCUT2D eigenvalue weighted by Crippen LogP contribution is 2.22. The van der Waals surface area contributed by atoms with Crippen LogP contribution in [0.25, 0.3) is 0 Å². The lowest BCUT2D eigenvalue weighted by Crippen LogP contribution is -2.44. The molecule has 3 rings (SSSR count). The summed E-state index contributed by atoms with van der Waals surface area (Å²) >= 11 is 1.32. The summed E-state index contributed by atoms with van der Waals surface area (Å²) in [4.78, 5) is 23.3. The molecule has 8 heteroatoms. The van der Waals surface area contributed by atoms with E-state index in [1.54, 1.807) is 12.1 Å². The summed E-state index contributed by atoms with van der Waals surface area (Å²) in [5, 5.41) is 3.61. The Morgan fingerprint density at radius 3 is 2.50 bits per heavy atom. The Labute approximate surface area is 168 Å². The molecule has 0 bridgehead atoms. The predicted molar refractivity (Wildman–Crippen MR) is 107 cm³/mol. The molecule has 1 fully saturated rings. The van der Waals surface area contributed by atoms with E-state index in [2.05, 4.69) is 20.2 Å². The van der Waals surface area contributed by atoms with Crippen molar-refractivity contribution in [2.24, 2.45) is 0 Å². The number of aromatic nitrogens is 2. The number of carbonyl (C=O) groups is 1. The van der Waals surface area contributed by atoms with E-state index in [1.807, 2.05) is 19.9 Å². The van der Waals surface area contributed by atoms with Crippen LogP contribution in [0.15, 0.2) is 35.5 Å². The molecule has 0 unspecified atom stereocenters. The number of aryl methyl sites for hydroxylation is 2. The monoisotopic (exact) mass is 404 g/mol. The van der Waals surface area contributed by atoms with Gasteiger partial charge in [-0.1, -0.05) is 23.9 Å². The van der Waals surface area contributed by atoms with Crippen LogP contribution in [0.1, 0.15) is 23.0 Å². The Morgan fingerprint density at radius 2 is 1.86 bits per heavy atom. The number of nitrogens with zero attached hydrogens (tertiary/aromatic N) is 3. The summed E-state index contributed by atoms with van der Waals surface area (Å²) in [5.41, 5.74) is 2.76. The van der Waals surface area contributed by atoms with Crippen LogP contribution in [0.4, 0.5) is 4.39 Å². The van der Waals surface area contributed by atoms with Gasteiger partial charge in [-0.25, -0.2) is 14.4 Å². The van der Waals surface area contributed by atoms with E-state index >= 15 is 0 Å². The zero-order valence-electron chi connectivity index (χ0n) is 16.2. The molecule has 6 nitrogen and oxygen atoms in total. The number of amides is 1. The fourth-order valence-electron chi connectivity index (χ4n) is 3.18. The first-order chi connectivity index (χ1) is 13.5. The molecule has 1 aliphatic rings. The van der Waals surface area contributed by atoms with Gasteiger partial charge in [0.1, 0.15) is 5.82 Å². The van der Waals surface area contributed by atoms with Crippen LogP contribution in [0.3, 0.4) is 0 Å². The van der Waals surface area contributed by atoms with E-state index in [4.69, 9.17) is 4.74 Å². The number of hydrogen-bond acceptors (Lipinski definition) is 6. The van der Waals surface area contributed by atoms with Gasteiger partial charge in [0.15, 0.2) is 5.16 Å². The van der Waals surface area contributed by atoms with Gasteiger partial charge in [0.25, 0.3) is 0 Å². The molecule has 0 aliphatic carbocycles. The van der Waals surface area contributed by atoms with Crippen molar-refractivity contribution in [2.45, 2.75) is 25.0 Å². The molecule has 1 aliphatic heterocycles. The minimum absolute atomic E-state index is 0.0177. The van der Waals surface area contributed by atoms with E-state index in [0.717, 1.165) is 30.0 Å². The van der Waals surface area contributed by atoms with Crippen LogP contribution in [-0.4, -0.2) is 59.4 Å². The normalized spacial score (nSPS) is 16.0. The van der Waals surface area contributed by atoms with Crippen molar-refractivity contribution >= 4 is 17.7 Å². The third kappa shape index (κ3) is 5.98.